The predicted molar refractivity (Wildman–Crippen MR) is 85.6 cm³/mol. The van der Waals surface area contributed by atoms with Crippen LogP contribution in [0.5, 0.6) is 0 Å². The Bertz CT molecular complexity index is 546. The Labute approximate surface area is 135 Å². The van der Waals surface area contributed by atoms with E-state index in [9.17, 15) is 14.0 Å². The molecule has 1 saturated carbocycles. The summed E-state index contributed by atoms with van der Waals surface area (Å²) in [6.07, 6.45) is 3.33. The highest BCUT2D eigenvalue weighted by Gasteiger charge is 2.22. The lowest BCUT2D eigenvalue weighted by Gasteiger charge is -2.26. The monoisotopic (exact) mass is 329 g/mol. The normalized spacial score (nSPS) is 20.7. The van der Waals surface area contributed by atoms with Crippen LogP contribution in [-0.2, 0) is 4.79 Å². The van der Waals surface area contributed by atoms with Crippen LogP contribution >= 0.6 is 12.4 Å². The van der Waals surface area contributed by atoms with Crippen molar-refractivity contribution in [2.45, 2.75) is 44.7 Å². The predicted octanol–water partition coefficient (Wildman–Crippen LogP) is 2.21. The van der Waals surface area contributed by atoms with Crippen molar-refractivity contribution in [1.82, 2.24) is 5.32 Å². The van der Waals surface area contributed by atoms with Gasteiger partial charge in [-0.3, -0.25) is 9.59 Å². The zero-order valence-electron chi connectivity index (χ0n) is 12.4. The number of anilines is 1. The second kappa shape index (κ2) is 8.10. The number of nitrogens with one attached hydrogen (secondary N) is 2. The second-order valence-corrected chi connectivity index (χ2v) is 5.46. The quantitative estimate of drug-likeness (QED) is 0.795. The molecule has 1 aromatic carbocycles. The third-order valence-corrected chi connectivity index (χ3v) is 3.64. The molecule has 0 aliphatic heterocycles. The standard InChI is InChI=1S/C15H20FN3O2.ClH/c1-9(20)18-12-6-7-14(16)13(8-12)15(21)19-11-4-2-10(17)3-5-11;/h6-8,10-11H,2-5,17H2,1H3,(H,18,20)(H,19,21);1H. The SMILES string of the molecule is CC(=O)Nc1ccc(F)c(C(=O)NC2CCC(N)CC2)c1.Cl. The van der Waals surface area contributed by atoms with Gasteiger partial charge in [-0.1, -0.05) is 0 Å². The van der Waals surface area contributed by atoms with Gasteiger partial charge in [-0.15, -0.1) is 12.4 Å². The van der Waals surface area contributed by atoms with E-state index < -0.39 is 11.7 Å². The van der Waals surface area contributed by atoms with Crippen molar-refractivity contribution in [2.24, 2.45) is 5.73 Å². The fourth-order valence-electron chi connectivity index (χ4n) is 2.51. The molecule has 122 valence electrons. The minimum Gasteiger partial charge on any atom is -0.349 e. The van der Waals surface area contributed by atoms with Crippen LogP contribution in [0.1, 0.15) is 43.0 Å². The topological polar surface area (TPSA) is 84.2 Å². The second-order valence-electron chi connectivity index (χ2n) is 5.46. The number of amides is 2. The molecule has 0 atom stereocenters. The summed E-state index contributed by atoms with van der Waals surface area (Å²) in [5, 5.41) is 5.36. The lowest BCUT2D eigenvalue weighted by atomic mass is 9.91. The highest BCUT2D eigenvalue weighted by molar-refractivity contribution is 5.97. The third-order valence-electron chi connectivity index (χ3n) is 3.64. The summed E-state index contributed by atoms with van der Waals surface area (Å²) < 4.78 is 13.8. The van der Waals surface area contributed by atoms with Crippen LogP contribution in [-0.4, -0.2) is 23.9 Å². The minimum atomic E-state index is -0.603. The maximum atomic E-state index is 13.8. The zero-order chi connectivity index (χ0) is 15.4. The summed E-state index contributed by atoms with van der Waals surface area (Å²) in [7, 11) is 0. The van der Waals surface area contributed by atoms with Gasteiger partial charge in [0.05, 0.1) is 5.56 Å². The van der Waals surface area contributed by atoms with Gasteiger partial charge in [-0.25, -0.2) is 4.39 Å². The molecule has 0 radical (unpaired) electrons. The molecular formula is C15H21ClFN3O2. The smallest absolute Gasteiger partial charge is 0.254 e. The molecular weight excluding hydrogens is 309 g/mol. The van der Waals surface area contributed by atoms with Gasteiger partial charge in [0, 0.05) is 24.7 Å². The first kappa shape index (κ1) is 18.4. The molecule has 1 fully saturated rings. The summed E-state index contributed by atoms with van der Waals surface area (Å²) in [6.45, 7) is 1.36. The van der Waals surface area contributed by atoms with Crippen LogP contribution in [0.3, 0.4) is 0 Å². The van der Waals surface area contributed by atoms with Crippen LogP contribution < -0.4 is 16.4 Å². The van der Waals surface area contributed by atoms with E-state index >= 15 is 0 Å². The van der Waals surface area contributed by atoms with Crippen molar-refractivity contribution in [3.63, 3.8) is 0 Å². The number of carbonyl (C=O) groups excluding carboxylic acids is 2. The maximum absolute atomic E-state index is 13.8. The first-order chi connectivity index (χ1) is 9.95. The first-order valence-electron chi connectivity index (χ1n) is 7.09. The van der Waals surface area contributed by atoms with Gasteiger partial charge in [0.2, 0.25) is 5.91 Å². The minimum absolute atomic E-state index is 0. The molecule has 2 amide bonds. The molecule has 0 bridgehead atoms. The van der Waals surface area contributed by atoms with Gasteiger partial charge in [0.15, 0.2) is 0 Å². The molecule has 0 unspecified atom stereocenters. The Morgan fingerprint density at radius 3 is 2.45 bits per heavy atom. The van der Waals surface area contributed by atoms with E-state index in [4.69, 9.17) is 5.73 Å². The summed E-state index contributed by atoms with van der Waals surface area (Å²) in [4.78, 5) is 23.2. The molecule has 0 spiro atoms. The number of carbonyl (C=O) groups is 2. The Morgan fingerprint density at radius 1 is 1.23 bits per heavy atom. The summed E-state index contributed by atoms with van der Waals surface area (Å²) in [5.74, 6) is -1.33. The highest BCUT2D eigenvalue weighted by Crippen LogP contribution is 2.19. The van der Waals surface area contributed by atoms with E-state index in [1.165, 1.54) is 25.1 Å². The molecule has 0 saturated heterocycles. The summed E-state index contributed by atoms with van der Waals surface area (Å²) in [6, 6.07) is 4.17. The highest BCUT2D eigenvalue weighted by atomic mass is 35.5. The van der Waals surface area contributed by atoms with Gasteiger partial charge in [-0.05, 0) is 43.9 Å². The van der Waals surface area contributed by atoms with Crippen molar-refractivity contribution in [2.75, 3.05) is 5.32 Å². The number of halogens is 2. The third kappa shape index (κ3) is 4.96. The van der Waals surface area contributed by atoms with Crippen LogP contribution in [0.2, 0.25) is 0 Å². The number of rotatable bonds is 3. The Morgan fingerprint density at radius 2 is 1.86 bits per heavy atom. The van der Waals surface area contributed by atoms with Crippen LogP contribution in [0.4, 0.5) is 10.1 Å². The number of hydrogen-bond donors (Lipinski definition) is 3. The van der Waals surface area contributed by atoms with E-state index in [1.54, 1.807) is 0 Å². The molecule has 1 aliphatic carbocycles. The first-order valence-corrected chi connectivity index (χ1v) is 7.09. The molecule has 1 aromatic rings. The van der Waals surface area contributed by atoms with Crippen LogP contribution in [0.25, 0.3) is 0 Å². The average Bonchev–Trinajstić information content (AvgIpc) is 2.43. The Hall–Kier alpha value is -1.66. The molecule has 22 heavy (non-hydrogen) atoms. The largest absolute Gasteiger partial charge is 0.349 e. The molecule has 4 N–H and O–H groups in total. The lowest BCUT2D eigenvalue weighted by molar-refractivity contribution is -0.114. The van der Waals surface area contributed by atoms with Crippen molar-refractivity contribution < 1.29 is 14.0 Å². The summed E-state index contributed by atoms with van der Waals surface area (Å²) >= 11 is 0. The van der Waals surface area contributed by atoms with Gasteiger partial charge in [-0.2, -0.15) is 0 Å². The van der Waals surface area contributed by atoms with Crippen LogP contribution in [0.15, 0.2) is 18.2 Å². The molecule has 0 heterocycles. The maximum Gasteiger partial charge on any atom is 0.254 e. The van der Waals surface area contributed by atoms with Gasteiger partial charge in [0.25, 0.3) is 5.91 Å². The van der Waals surface area contributed by atoms with E-state index in [2.05, 4.69) is 10.6 Å². The fraction of sp³-hybridized carbons (Fsp3) is 0.467. The van der Waals surface area contributed by atoms with Gasteiger partial charge < -0.3 is 16.4 Å². The molecule has 1 aliphatic rings. The van der Waals surface area contributed by atoms with Gasteiger partial charge >= 0.3 is 0 Å². The van der Waals surface area contributed by atoms with E-state index in [0.717, 1.165) is 25.7 Å². The Kier molecular flexibility index (Phi) is 6.77. The lowest BCUT2D eigenvalue weighted by Crippen LogP contribution is -2.40. The van der Waals surface area contributed by atoms with Crippen molar-refractivity contribution in [1.29, 1.82) is 0 Å². The van der Waals surface area contributed by atoms with E-state index in [-0.39, 0.29) is 36.0 Å². The van der Waals surface area contributed by atoms with Crippen molar-refractivity contribution in [3.05, 3.63) is 29.6 Å². The molecule has 0 aromatic heterocycles. The molecule has 5 nitrogen and oxygen atoms in total. The number of benzene rings is 1. The number of nitrogens with two attached hydrogens (primary N) is 1. The van der Waals surface area contributed by atoms with Crippen LogP contribution in [0, 0.1) is 5.82 Å². The number of hydrogen-bond acceptors (Lipinski definition) is 3. The van der Waals surface area contributed by atoms with Crippen molar-refractivity contribution in [3.8, 4) is 0 Å². The van der Waals surface area contributed by atoms with E-state index in [1.807, 2.05) is 0 Å². The summed E-state index contributed by atoms with van der Waals surface area (Å²) in [5.41, 5.74) is 6.16. The van der Waals surface area contributed by atoms with E-state index in [0.29, 0.717) is 5.69 Å². The molecule has 2 rings (SSSR count). The fourth-order valence-corrected chi connectivity index (χ4v) is 2.51. The van der Waals surface area contributed by atoms with Crippen molar-refractivity contribution >= 4 is 29.9 Å². The van der Waals surface area contributed by atoms with Gasteiger partial charge in [0.1, 0.15) is 5.82 Å². The molecule has 7 heteroatoms. The zero-order valence-corrected chi connectivity index (χ0v) is 13.2. The average molecular weight is 330 g/mol. The Balaban J connectivity index is 0.00000242.